The second-order valence-corrected chi connectivity index (χ2v) is 6.62. The summed E-state index contributed by atoms with van der Waals surface area (Å²) in [7, 11) is 1.48. The maximum absolute atomic E-state index is 12.4. The van der Waals surface area contributed by atoms with Crippen LogP contribution in [0.3, 0.4) is 0 Å². The first-order chi connectivity index (χ1) is 12.1. The molecule has 2 amide bonds. The van der Waals surface area contributed by atoms with Gasteiger partial charge in [0.1, 0.15) is 12.6 Å². The molecule has 2 rings (SSSR count). The Morgan fingerprint density at radius 2 is 1.68 bits per heavy atom. The largest absolute Gasteiger partial charge is 0.375 e. The van der Waals surface area contributed by atoms with Crippen molar-refractivity contribution in [3.8, 4) is 0 Å². The van der Waals surface area contributed by atoms with E-state index in [0.717, 1.165) is 18.5 Å². The zero-order valence-electron chi connectivity index (χ0n) is 15.1. The van der Waals surface area contributed by atoms with E-state index in [0.29, 0.717) is 11.7 Å². The van der Waals surface area contributed by atoms with Gasteiger partial charge in [0, 0.05) is 24.5 Å². The first-order valence-corrected chi connectivity index (χ1v) is 9.04. The van der Waals surface area contributed by atoms with Gasteiger partial charge in [-0.2, -0.15) is 0 Å². The normalized spacial score (nSPS) is 16.6. The molecule has 6 heteroatoms. The first kappa shape index (κ1) is 19.2. The van der Waals surface area contributed by atoms with E-state index in [-0.39, 0.29) is 24.5 Å². The summed E-state index contributed by atoms with van der Waals surface area (Å²) in [6.07, 6.45) is 7.09. The lowest BCUT2D eigenvalue weighted by Gasteiger charge is -2.21. The van der Waals surface area contributed by atoms with E-state index in [9.17, 15) is 9.59 Å². The van der Waals surface area contributed by atoms with Gasteiger partial charge >= 0.3 is 0 Å². The number of anilines is 2. The molecule has 0 aliphatic heterocycles. The molecule has 1 fully saturated rings. The van der Waals surface area contributed by atoms with Crippen LogP contribution < -0.4 is 16.0 Å². The van der Waals surface area contributed by atoms with Crippen molar-refractivity contribution in [2.75, 3.05) is 24.4 Å². The lowest BCUT2D eigenvalue weighted by Crippen LogP contribution is -2.43. The Labute approximate surface area is 149 Å². The van der Waals surface area contributed by atoms with Crippen LogP contribution in [0.25, 0.3) is 0 Å². The number of rotatable bonds is 7. The van der Waals surface area contributed by atoms with Crippen LogP contribution in [0.5, 0.6) is 0 Å². The van der Waals surface area contributed by atoms with Gasteiger partial charge in [-0.3, -0.25) is 9.59 Å². The fourth-order valence-electron chi connectivity index (χ4n) is 3.04. The Hall–Kier alpha value is -2.08. The van der Waals surface area contributed by atoms with Gasteiger partial charge in [-0.05, 0) is 44.0 Å². The van der Waals surface area contributed by atoms with Crippen LogP contribution in [0.4, 0.5) is 11.4 Å². The van der Waals surface area contributed by atoms with Gasteiger partial charge in [-0.15, -0.1) is 0 Å². The van der Waals surface area contributed by atoms with Gasteiger partial charge in [0.15, 0.2) is 0 Å². The summed E-state index contributed by atoms with van der Waals surface area (Å²) in [4.78, 5) is 23.8. The Morgan fingerprint density at radius 1 is 1.08 bits per heavy atom. The lowest BCUT2D eigenvalue weighted by molar-refractivity contribution is -0.122. The van der Waals surface area contributed by atoms with Gasteiger partial charge in [0.2, 0.25) is 11.8 Å². The Balaban J connectivity index is 1.81. The number of amides is 2. The predicted octanol–water partition coefficient (Wildman–Crippen LogP) is 2.91. The highest BCUT2D eigenvalue weighted by molar-refractivity contribution is 5.92. The maximum atomic E-state index is 12.4. The molecule has 3 N–H and O–H groups in total. The molecular formula is C19H29N3O3. The third-order valence-corrected chi connectivity index (χ3v) is 4.42. The summed E-state index contributed by atoms with van der Waals surface area (Å²) in [5, 5.41) is 9.10. The van der Waals surface area contributed by atoms with E-state index in [1.165, 1.54) is 32.8 Å². The molecule has 1 aliphatic carbocycles. The van der Waals surface area contributed by atoms with E-state index in [1.54, 1.807) is 12.1 Å². The van der Waals surface area contributed by atoms with E-state index < -0.39 is 0 Å². The summed E-state index contributed by atoms with van der Waals surface area (Å²) in [6, 6.07) is 7.28. The quantitative estimate of drug-likeness (QED) is 0.663. The molecule has 6 nitrogen and oxygen atoms in total. The van der Waals surface area contributed by atoms with Crippen molar-refractivity contribution in [3.05, 3.63) is 24.3 Å². The zero-order chi connectivity index (χ0) is 18.1. The SMILES string of the molecule is COCC(=O)Nc1ccc(NC(C)C(=O)NC2CCCCCC2)cc1. The Bertz CT molecular complexity index is 552. The summed E-state index contributed by atoms with van der Waals surface area (Å²) >= 11 is 0. The summed E-state index contributed by atoms with van der Waals surface area (Å²) in [5.74, 6) is -0.163. The minimum Gasteiger partial charge on any atom is -0.375 e. The number of hydrogen-bond donors (Lipinski definition) is 3. The Kier molecular flexibility index (Phi) is 7.73. The third kappa shape index (κ3) is 6.74. The van der Waals surface area contributed by atoms with Crippen molar-refractivity contribution >= 4 is 23.2 Å². The van der Waals surface area contributed by atoms with Crippen LogP contribution in [0.2, 0.25) is 0 Å². The molecule has 0 bridgehead atoms. The molecule has 138 valence electrons. The van der Waals surface area contributed by atoms with Crippen molar-refractivity contribution in [1.29, 1.82) is 0 Å². The number of carbonyl (C=O) groups excluding carboxylic acids is 2. The minimum absolute atomic E-state index is 0.0262. The molecule has 0 saturated heterocycles. The molecule has 0 heterocycles. The molecule has 1 unspecified atom stereocenters. The number of nitrogens with one attached hydrogen (secondary N) is 3. The van der Waals surface area contributed by atoms with Crippen LogP contribution in [0.1, 0.15) is 45.4 Å². The summed E-state index contributed by atoms with van der Waals surface area (Å²) in [5.41, 5.74) is 1.54. The van der Waals surface area contributed by atoms with Crippen LogP contribution in [-0.2, 0) is 14.3 Å². The maximum Gasteiger partial charge on any atom is 0.250 e. The van der Waals surface area contributed by atoms with Crippen molar-refractivity contribution in [2.45, 2.75) is 57.5 Å². The Morgan fingerprint density at radius 3 is 2.28 bits per heavy atom. The molecule has 1 aliphatic rings. The average molecular weight is 347 g/mol. The van der Waals surface area contributed by atoms with E-state index >= 15 is 0 Å². The lowest BCUT2D eigenvalue weighted by atomic mass is 10.1. The second kappa shape index (κ2) is 10.0. The van der Waals surface area contributed by atoms with Crippen molar-refractivity contribution in [2.24, 2.45) is 0 Å². The van der Waals surface area contributed by atoms with Gasteiger partial charge in [0.25, 0.3) is 0 Å². The summed E-state index contributed by atoms with van der Waals surface area (Å²) in [6.45, 7) is 1.89. The first-order valence-electron chi connectivity index (χ1n) is 9.04. The number of benzene rings is 1. The van der Waals surface area contributed by atoms with E-state index in [2.05, 4.69) is 16.0 Å². The molecule has 1 aromatic carbocycles. The molecule has 1 atom stereocenters. The highest BCUT2D eigenvalue weighted by Crippen LogP contribution is 2.18. The van der Waals surface area contributed by atoms with Crippen LogP contribution in [0.15, 0.2) is 24.3 Å². The topological polar surface area (TPSA) is 79.5 Å². The number of ether oxygens (including phenoxy) is 1. The van der Waals surface area contributed by atoms with Crippen molar-refractivity contribution in [3.63, 3.8) is 0 Å². The number of hydrogen-bond acceptors (Lipinski definition) is 4. The van der Waals surface area contributed by atoms with Crippen molar-refractivity contribution < 1.29 is 14.3 Å². The van der Waals surface area contributed by atoms with Crippen LogP contribution in [-0.4, -0.2) is 37.6 Å². The van der Waals surface area contributed by atoms with Crippen LogP contribution >= 0.6 is 0 Å². The average Bonchev–Trinajstić information content (AvgIpc) is 2.85. The van der Waals surface area contributed by atoms with E-state index in [4.69, 9.17) is 4.74 Å². The fourth-order valence-corrected chi connectivity index (χ4v) is 3.04. The molecule has 1 saturated carbocycles. The van der Waals surface area contributed by atoms with Crippen LogP contribution in [0, 0.1) is 0 Å². The molecule has 1 aromatic rings. The summed E-state index contributed by atoms with van der Waals surface area (Å²) < 4.78 is 4.78. The van der Waals surface area contributed by atoms with Gasteiger partial charge in [-0.25, -0.2) is 0 Å². The van der Waals surface area contributed by atoms with Gasteiger partial charge in [-0.1, -0.05) is 25.7 Å². The monoisotopic (exact) mass is 347 g/mol. The third-order valence-electron chi connectivity index (χ3n) is 4.42. The predicted molar refractivity (Wildman–Crippen MR) is 99.7 cm³/mol. The zero-order valence-corrected chi connectivity index (χ0v) is 15.1. The minimum atomic E-state index is -0.308. The smallest absolute Gasteiger partial charge is 0.250 e. The molecule has 0 aromatic heterocycles. The van der Waals surface area contributed by atoms with Crippen molar-refractivity contribution in [1.82, 2.24) is 5.32 Å². The second-order valence-electron chi connectivity index (χ2n) is 6.62. The number of carbonyl (C=O) groups is 2. The molecule has 0 spiro atoms. The highest BCUT2D eigenvalue weighted by Gasteiger charge is 2.18. The van der Waals surface area contributed by atoms with Gasteiger partial charge in [0.05, 0.1) is 0 Å². The van der Waals surface area contributed by atoms with Gasteiger partial charge < -0.3 is 20.7 Å². The highest BCUT2D eigenvalue weighted by atomic mass is 16.5. The fraction of sp³-hybridized carbons (Fsp3) is 0.579. The molecule has 0 radical (unpaired) electrons. The standard InChI is InChI=1S/C19H29N3O3/c1-14(19(24)22-15-7-5-3-4-6-8-15)20-16-9-11-17(12-10-16)21-18(23)13-25-2/h9-12,14-15,20H,3-8,13H2,1-2H3,(H,21,23)(H,22,24). The molecule has 25 heavy (non-hydrogen) atoms. The molecular weight excluding hydrogens is 318 g/mol. The van der Waals surface area contributed by atoms with E-state index in [1.807, 2.05) is 19.1 Å². The number of methoxy groups -OCH3 is 1.